The first-order chi connectivity index (χ1) is 14.3. The number of pyridine rings is 1. The largest absolute Gasteiger partial charge is 0.474 e. The minimum absolute atomic E-state index is 0.204. The van der Waals surface area contributed by atoms with Gasteiger partial charge < -0.3 is 15.4 Å². The maximum atomic E-state index is 6.50. The van der Waals surface area contributed by atoms with E-state index in [1.165, 1.54) is 23.2 Å². The maximum absolute atomic E-state index is 6.50. The van der Waals surface area contributed by atoms with Crippen molar-refractivity contribution in [2.24, 2.45) is 0 Å². The van der Waals surface area contributed by atoms with Gasteiger partial charge in [0, 0.05) is 55.1 Å². The summed E-state index contributed by atoms with van der Waals surface area (Å²) in [5.41, 5.74) is 13.6. The number of hydrogen-bond acceptors (Lipinski definition) is 4. The van der Waals surface area contributed by atoms with Crippen molar-refractivity contribution >= 4 is 11.4 Å². The van der Waals surface area contributed by atoms with Gasteiger partial charge in [0.1, 0.15) is 6.10 Å². The molecular weight excluding hydrogens is 358 g/mol. The normalized spacial score (nSPS) is 16.6. The van der Waals surface area contributed by atoms with Gasteiger partial charge in [0.05, 0.1) is 0 Å². The fourth-order valence-electron chi connectivity index (χ4n) is 4.63. The topological polar surface area (TPSA) is 51.4 Å². The Hall–Kier alpha value is -3.01. The lowest BCUT2D eigenvalue weighted by Crippen LogP contribution is -2.38. The van der Waals surface area contributed by atoms with Crippen molar-refractivity contribution in [3.63, 3.8) is 0 Å². The molecule has 1 aliphatic heterocycles. The van der Waals surface area contributed by atoms with Crippen LogP contribution in [0, 0.1) is 0 Å². The van der Waals surface area contributed by atoms with Gasteiger partial charge in [0.2, 0.25) is 5.88 Å². The molecule has 2 aromatic carbocycles. The number of hydrogen-bond donors (Lipinski definition) is 1. The van der Waals surface area contributed by atoms with Gasteiger partial charge in [-0.15, -0.1) is 0 Å². The molecule has 2 aliphatic rings. The highest BCUT2D eigenvalue weighted by Crippen LogP contribution is 2.36. The Morgan fingerprint density at radius 1 is 0.966 bits per heavy atom. The zero-order valence-electron chi connectivity index (χ0n) is 16.7. The van der Waals surface area contributed by atoms with Gasteiger partial charge in [0.15, 0.2) is 0 Å². The predicted molar refractivity (Wildman–Crippen MR) is 118 cm³/mol. The molecule has 3 aromatic rings. The van der Waals surface area contributed by atoms with Crippen LogP contribution in [0.3, 0.4) is 0 Å². The fourth-order valence-corrected chi connectivity index (χ4v) is 4.63. The summed E-state index contributed by atoms with van der Waals surface area (Å²) in [6.45, 7) is 2.01. The molecule has 29 heavy (non-hydrogen) atoms. The number of nitrogens with zero attached hydrogens (tertiary/aromatic N) is 2. The van der Waals surface area contributed by atoms with Gasteiger partial charge >= 0.3 is 0 Å². The van der Waals surface area contributed by atoms with E-state index in [0.717, 1.165) is 55.6 Å². The summed E-state index contributed by atoms with van der Waals surface area (Å²) in [6, 6.07) is 19.0. The third-order valence-corrected chi connectivity index (χ3v) is 6.22. The molecule has 2 heterocycles. The average Bonchev–Trinajstić information content (AvgIpc) is 3.25. The summed E-state index contributed by atoms with van der Waals surface area (Å²) in [6.07, 6.45) is 7.47. The Labute approximate surface area is 172 Å². The van der Waals surface area contributed by atoms with Crippen LogP contribution in [0.5, 0.6) is 5.88 Å². The van der Waals surface area contributed by atoms with E-state index in [-0.39, 0.29) is 6.10 Å². The van der Waals surface area contributed by atoms with Crippen LogP contribution in [0.2, 0.25) is 0 Å². The number of rotatable bonds is 4. The van der Waals surface area contributed by atoms with Crippen molar-refractivity contribution in [2.45, 2.75) is 38.2 Å². The van der Waals surface area contributed by atoms with E-state index in [4.69, 9.17) is 10.5 Å². The van der Waals surface area contributed by atoms with Crippen molar-refractivity contribution in [3.8, 4) is 17.0 Å². The van der Waals surface area contributed by atoms with E-state index in [0.29, 0.717) is 5.88 Å². The molecule has 148 valence electrons. The minimum atomic E-state index is 0.204. The molecule has 0 unspecified atom stereocenters. The van der Waals surface area contributed by atoms with Crippen molar-refractivity contribution in [2.75, 3.05) is 23.7 Å². The highest BCUT2D eigenvalue weighted by Gasteiger charge is 2.22. The van der Waals surface area contributed by atoms with Crippen LogP contribution in [-0.4, -0.2) is 24.2 Å². The highest BCUT2D eigenvalue weighted by atomic mass is 16.5. The molecule has 0 saturated carbocycles. The van der Waals surface area contributed by atoms with E-state index in [9.17, 15) is 0 Å². The Morgan fingerprint density at radius 2 is 1.79 bits per heavy atom. The second kappa shape index (κ2) is 7.78. The Bertz CT molecular complexity index is 994. The van der Waals surface area contributed by atoms with Crippen LogP contribution in [0.4, 0.5) is 11.4 Å². The van der Waals surface area contributed by atoms with Crippen LogP contribution in [0.1, 0.15) is 30.4 Å². The molecule has 0 atom stereocenters. The number of nitrogen functional groups attached to an aromatic ring is 1. The fraction of sp³-hybridized carbons (Fsp3) is 0.320. The van der Waals surface area contributed by atoms with Crippen molar-refractivity contribution in [3.05, 3.63) is 71.9 Å². The first-order valence-electron chi connectivity index (χ1n) is 10.6. The monoisotopic (exact) mass is 385 g/mol. The molecular formula is C25H27N3O. The van der Waals surface area contributed by atoms with Gasteiger partial charge in [-0.25, -0.2) is 4.98 Å². The smallest absolute Gasteiger partial charge is 0.214 e. The first-order valence-corrected chi connectivity index (χ1v) is 10.6. The second-order valence-corrected chi connectivity index (χ2v) is 8.04. The van der Waals surface area contributed by atoms with Crippen molar-refractivity contribution < 1.29 is 4.74 Å². The molecule has 5 rings (SSSR count). The number of nitrogens with two attached hydrogens (primary N) is 1. The summed E-state index contributed by atoms with van der Waals surface area (Å²) in [5, 5.41) is 0. The van der Waals surface area contributed by atoms with Crippen LogP contribution in [0.15, 0.2) is 60.8 Å². The molecule has 0 spiro atoms. The van der Waals surface area contributed by atoms with E-state index >= 15 is 0 Å². The number of fused-ring (bicyclic) bond motifs is 1. The predicted octanol–water partition coefficient (Wildman–Crippen LogP) is 4.87. The molecule has 1 aromatic heterocycles. The van der Waals surface area contributed by atoms with Gasteiger partial charge in [-0.05, 0) is 54.2 Å². The highest BCUT2D eigenvalue weighted by molar-refractivity contribution is 5.80. The third kappa shape index (κ3) is 3.67. The lowest BCUT2D eigenvalue weighted by Gasteiger charge is -2.33. The number of piperidine rings is 1. The second-order valence-electron chi connectivity index (χ2n) is 8.04. The third-order valence-electron chi connectivity index (χ3n) is 6.22. The Morgan fingerprint density at radius 3 is 2.62 bits per heavy atom. The number of aryl methyl sites for hydroxylation is 1. The molecule has 4 heteroatoms. The number of anilines is 2. The lowest BCUT2D eigenvalue weighted by atomic mass is 9.98. The van der Waals surface area contributed by atoms with Crippen LogP contribution < -0.4 is 15.4 Å². The molecule has 4 nitrogen and oxygen atoms in total. The summed E-state index contributed by atoms with van der Waals surface area (Å²) in [5.74, 6) is 0.695. The summed E-state index contributed by atoms with van der Waals surface area (Å²) in [7, 11) is 0. The zero-order valence-corrected chi connectivity index (χ0v) is 16.7. The molecule has 1 fully saturated rings. The van der Waals surface area contributed by atoms with Crippen LogP contribution in [0.25, 0.3) is 11.1 Å². The quantitative estimate of drug-likeness (QED) is 0.651. The Balaban J connectivity index is 1.28. The first kappa shape index (κ1) is 18.0. The summed E-state index contributed by atoms with van der Waals surface area (Å²) in [4.78, 5) is 6.89. The van der Waals surface area contributed by atoms with Crippen LogP contribution in [-0.2, 0) is 12.8 Å². The molecule has 2 N–H and O–H groups in total. The van der Waals surface area contributed by atoms with E-state index in [1.54, 1.807) is 0 Å². The van der Waals surface area contributed by atoms with E-state index in [2.05, 4.69) is 52.3 Å². The van der Waals surface area contributed by atoms with Crippen molar-refractivity contribution in [1.29, 1.82) is 0 Å². The molecule has 1 aliphatic carbocycles. The van der Waals surface area contributed by atoms with E-state index in [1.807, 2.05) is 18.3 Å². The standard InChI is InChI=1S/C25H27N3O/c26-25-22-8-4-5-18(22)9-10-23(25)19-11-14-27-24(17-19)29-21-12-15-28(16-13-21)20-6-2-1-3-7-20/h1-3,6-7,9-11,14,17,21H,4-5,8,12-13,15-16,26H2. The van der Waals surface area contributed by atoms with E-state index < -0.39 is 0 Å². The average molecular weight is 386 g/mol. The number of ether oxygens (including phenoxy) is 1. The molecule has 1 saturated heterocycles. The summed E-state index contributed by atoms with van der Waals surface area (Å²) < 4.78 is 6.26. The Kier molecular flexibility index (Phi) is 4.84. The van der Waals surface area contributed by atoms with Gasteiger partial charge in [-0.1, -0.05) is 30.3 Å². The summed E-state index contributed by atoms with van der Waals surface area (Å²) >= 11 is 0. The number of para-hydroxylation sites is 1. The zero-order chi connectivity index (χ0) is 19.6. The van der Waals surface area contributed by atoms with Crippen molar-refractivity contribution in [1.82, 2.24) is 4.98 Å². The maximum Gasteiger partial charge on any atom is 0.214 e. The van der Waals surface area contributed by atoms with Crippen LogP contribution >= 0.6 is 0 Å². The van der Waals surface area contributed by atoms with Gasteiger partial charge in [0.25, 0.3) is 0 Å². The molecule has 0 radical (unpaired) electrons. The minimum Gasteiger partial charge on any atom is -0.474 e. The number of aromatic nitrogens is 1. The number of benzene rings is 2. The molecule has 0 bridgehead atoms. The van der Waals surface area contributed by atoms with Gasteiger partial charge in [-0.3, -0.25) is 0 Å². The van der Waals surface area contributed by atoms with Gasteiger partial charge in [-0.2, -0.15) is 0 Å². The SMILES string of the molecule is Nc1c(-c2ccnc(OC3CCN(c4ccccc4)CC3)c2)ccc2c1CCC2. The molecule has 0 amide bonds. The lowest BCUT2D eigenvalue weighted by molar-refractivity contribution is 0.164.